The van der Waals surface area contributed by atoms with Gasteiger partial charge in [-0.1, -0.05) is 18.2 Å². The zero-order valence-electron chi connectivity index (χ0n) is 5.87. The van der Waals surface area contributed by atoms with Crippen LogP contribution in [-0.2, 0) is 0 Å². The Bertz CT molecular complexity index is 354. The Morgan fingerprint density at radius 3 is 2.64 bits per heavy atom. The summed E-state index contributed by atoms with van der Waals surface area (Å²) < 4.78 is 0. The number of benzene rings is 1. The van der Waals surface area contributed by atoms with Crippen LogP contribution >= 0.6 is 12.4 Å². The number of para-hydroxylation sites is 1. The number of rotatable bonds is 0. The summed E-state index contributed by atoms with van der Waals surface area (Å²) in [5.41, 5.74) is 7.56. The Hall–Kier alpha value is -1.15. The molecular weight excluding hydrogens is 160 g/mol. The fourth-order valence-corrected chi connectivity index (χ4v) is 1.09. The average molecular weight is 169 g/mol. The van der Waals surface area contributed by atoms with Gasteiger partial charge in [0.2, 0.25) is 0 Å². The summed E-state index contributed by atoms with van der Waals surface area (Å²) in [6.07, 6.45) is 1.81. The summed E-state index contributed by atoms with van der Waals surface area (Å²) in [6, 6.07) is 7.97. The van der Waals surface area contributed by atoms with Gasteiger partial charge in [-0.2, -0.15) is 0 Å². The van der Waals surface area contributed by atoms with E-state index in [1.165, 1.54) is 0 Å². The molecule has 58 valence electrons. The Labute approximate surface area is 70.8 Å². The first-order chi connectivity index (χ1) is 4.88. The average Bonchev–Trinajstić information content (AvgIpc) is 2.34. The van der Waals surface area contributed by atoms with Crippen LogP contribution < -0.4 is 5.73 Å². The van der Waals surface area contributed by atoms with Crippen LogP contribution in [-0.4, -0.2) is 4.98 Å². The van der Waals surface area contributed by atoms with Gasteiger partial charge in [0, 0.05) is 17.1 Å². The summed E-state index contributed by atoms with van der Waals surface area (Å²) in [5.74, 6) is 0. The van der Waals surface area contributed by atoms with Crippen molar-refractivity contribution in [1.82, 2.24) is 4.98 Å². The van der Waals surface area contributed by atoms with Gasteiger partial charge in [0.25, 0.3) is 0 Å². The number of hydrogen-bond acceptors (Lipinski definition) is 1. The highest BCUT2D eigenvalue weighted by atomic mass is 35.5. The largest absolute Gasteiger partial charge is 0.397 e. The maximum Gasteiger partial charge on any atom is 0.0571 e. The Morgan fingerprint density at radius 1 is 1.18 bits per heavy atom. The molecule has 0 atom stereocenters. The first-order valence-corrected chi connectivity index (χ1v) is 3.19. The number of H-pyrrole nitrogens is 1. The van der Waals surface area contributed by atoms with Crippen molar-refractivity contribution >= 4 is 29.0 Å². The van der Waals surface area contributed by atoms with E-state index >= 15 is 0 Å². The third kappa shape index (κ3) is 1.17. The number of nitrogens with one attached hydrogen (secondary N) is 1. The van der Waals surface area contributed by atoms with Gasteiger partial charge in [0.15, 0.2) is 0 Å². The summed E-state index contributed by atoms with van der Waals surface area (Å²) in [4.78, 5) is 3.06. The second-order valence-electron chi connectivity index (χ2n) is 2.29. The van der Waals surface area contributed by atoms with Gasteiger partial charge in [-0.25, -0.2) is 0 Å². The smallest absolute Gasteiger partial charge is 0.0571 e. The number of nitrogens with two attached hydrogens (primary N) is 1. The lowest BCUT2D eigenvalue weighted by Crippen LogP contribution is -1.78. The van der Waals surface area contributed by atoms with Crippen LogP contribution in [0.4, 0.5) is 5.69 Å². The number of nitrogen functional groups attached to an aromatic ring is 1. The minimum Gasteiger partial charge on any atom is -0.397 e. The SMILES string of the molecule is Cl.Nc1c[nH]c2ccccc12. The molecule has 0 spiro atoms. The van der Waals surface area contributed by atoms with Crippen LogP contribution in [0.25, 0.3) is 10.9 Å². The number of anilines is 1. The molecule has 0 unspecified atom stereocenters. The van der Waals surface area contributed by atoms with Gasteiger partial charge >= 0.3 is 0 Å². The Morgan fingerprint density at radius 2 is 1.91 bits per heavy atom. The molecule has 0 aliphatic heterocycles. The number of fused-ring (bicyclic) bond motifs is 1. The van der Waals surface area contributed by atoms with Gasteiger partial charge in [-0.15, -0.1) is 12.4 Å². The fourth-order valence-electron chi connectivity index (χ4n) is 1.09. The molecule has 0 bridgehead atoms. The van der Waals surface area contributed by atoms with Crippen LogP contribution in [0.5, 0.6) is 0 Å². The van der Waals surface area contributed by atoms with Crippen LogP contribution in [0.15, 0.2) is 30.5 Å². The number of aromatic nitrogens is 1. The summed E-state index contributed by atoms with van der Waals surface area (Å²) in [5, 5.41) is 1.10. The van der Waals surface area contributed by atoms with Crippen LogP contribution in [0.2, 0.25) is 0 Å². The predicted molar refractivity (Wildman–Crippen MR) is 50.0 cm³/mol. The maximum absolute atomic E-state index is 5.64. The second kappa shape index (κ2) is 2.84. The molecule has 0 fully saturated rings. The highest BCUT2D eigenvalue weighted by Crippen LogP contribution is 2.18. The Balaban J connectivity index is 0.000000605. The van der Waals surface area contributed by atoms with Crippen LogP contribution in [0.1, 0.15) is 0 Å². The molecule has 0 saturated carbocycles. The maximum atomic E-state index is 5.64. The standard InChI is InChI=1S/C8H8N2.ClH/c9-7-5-10-8-4-2-1-3-6(7)8;/h1-5,10H,9H2;1H. The van der Waals surface area contributed by atoms with E-state index in [0.29, 0.717) is 0 Å². The first kappa shape index (κ1) is 7.95. The summed E-state index contributed by atoms with van der Waals surface area (Å²) in [7, 11) is 0. The predicted octanol–water partition coefficient (Wildman–Crippen LogP) is 2.17. The van der Waals surface area contributed by atoms with Crippen LogP contribution in [0, 0.1) is 0 Å². The molecular formula is C8H9ClN2. The van der Waals surface area contributed by atoms with E-state index in [1.54, 1.807) is 0 Å². The van der Waals surface area contributed by atoms with Crippen LogP contribution in [0.3, 0.4) is 0 Å². The molecule has 0 saturated heterocycles. The van der Waals surface area contributed by atoms with Crippen molar-refractivity contribution in [1.29, 1.82) is 0 Å². The topological polar surface area (TPSA) is 41.8 Å². The Kier molecular flexibility index (Phi) is 2.06. The molecule has 0 aliphatic rings. The van der Waals surface area contributed by atoms with Gasteiger partial charge in [0.1, 0.15) is 0 Å². The van der Waals surface area contributed by atoms with E-state index < -0.39 is 0 Å². The van der Waals surface area contributed by atoms with E-state index in [4.69, 9.17) is 5.73 Å². The molecule has 1 aromatic heterocycles. The van der Waals surface area contributed by atoms with Crippen molar-refractivity contribution in [3.8, 4) is 0 Å². The first-order valence-electron chi connectivity index (χ1n) is 3.19. The van der Waals surface area contributed by atoms with E-state index in [0.717, 1.165) is 16.6 Å². The molecule has 1 aromatic carbocycles. The van der Waals surface area contributed by atoms with Crippen molar-refractivity contribution in [2.75, 3.05) is 5.73 Å². The van der Waals surface area contributed by atoms with Gasteiger partial charge in [0.05, 0.1) is 5.69 Å². The zero-order chi connectivity index (χ0) is 6.97. The highest BCUT2D eigenvalue weighted by Gasteiger charge is 1.95. The number of hydrogen-bond donors (Lipinski definition) is 2. The van der Waals surface area contributed by atoms with Crippen molar-refractivity contribution < 1.29 is 0 Å². The molecule has 3 heteroatoms. The quantitative estimate of drug-likeness (QED) is 0.622. The summed E-state index contributed by atoms with van der Waals surface area (Å²) >= 11 is 0. The van der Waals surface area contributed by atoms with Crippen molar-refractivity contribution in [2.24, 2.45) is 0 Å². The third-order valence-corrected chi connectivity index (χ3v) is 1.62. The third-order valence-electron chi connectivity index (χ3n) is 1.62. The minimum absolute atomic E-state index is 0. The monoisotopic (exact) mass is 168 g/mol. The molecule has 2 nitrogen and oxygen atoms in total. The van der Waals surface area contributed by atoms with E-state index in [9.17, 15) is 0 Å². The second-order valence-corrected chi connectivity index (χ2v) is 2.29. The molecule has 2 rings (SSSR count). The normalized spacial score (nSPS) is 9.45. The summed E-state index contributed by atoms with van der Waals surface area (Å²) in [6.45, 7) is 0. The zero-order valence-corrected chi connectivity index (χ0v) is 6.69. The molecule has 2 aromatic rings. The number of halogens is 1. The van der Waals surface area contributed by atoms with E-state index in [-0.39, 0.29) is 12.4 Å². The lowest BCUT2D eigenvalue weighted by Gasteiger charge is -1.87. The lowest BCUT2D eigenvalue weighted by atomic mass is 10.2. The van der Waals surface area contributed by atoms with Crippen molar-refractivity contribution in [2.45, 2.75) is 0 Å². The van der Waals surface area contributed by atoms with E-state index in [1.807, 2.05) is 30.5 Å². The number of aromatic amines is 1. The molecule has 3 N–H and O–H groups in total. The molecule has 0 amide bonds. The minimum atomic E-state index is 0. The molecule has 0 aliphatic carbocycles. The van der Waals surface area contributed by atoms with Gasteiger partial charge in [-0.3, -0.25) is 0 Å². The fraction of sp³-hybridized carbons (Fsp3) is 0. The highest BCUT2D eigenvalue weighted by molar-refractivity contribution is 5.90. The van der Waals surface area contributed by atoms with E-state index in [2.05, 4.69) is 4.98 Å². The molecule has 11 heavy (non-hydrogen) atoms. The van der Waals surface area contributed by atoms with Crippen molar-refractivity contribution in [3.63, 3.8) is 0 Å². The van der Waals surface area contributed by atoms with Crippen molar-refractivity contribution in [3.05, 3.63) is 30.5 Å². The molecule has 0 radical (unpaired) electrons. The van der Waals surface area contributed by atoms with Gasteiger partial charge < -0.3 is 10.7 Å². The lowest BCUT2D eigenvalue weighted by molar-refractivity contribution is 1.48. The van der Waals surface area contributed by atoms with Gasteiger partial charge in [-0.05, 0) is 6.07 Å². The molecule has 1 heterocycles.